The number of hydrogen-bond acceptors (Lipinski definition) is 4. The smallest absolute Gasteiger partial charge is 0.338 e. The van der Waals surface area contributed by atoms with Crippen molar-refractivity contribution in [3.63, 3.8) is 0 Å². The van der Waals surface area contributed by atoms with Crippen molar-refractivity contribution in [2.45, 2.75) is 19.8 Å². The predicted octanol–water partition coefficient (Wildman–Crippen LogP) is 3.42. The molecule has 0 amide bonds. The van der Waals surface area contributed by atoms with E-state index < -0.39 is 0 Å². The van der Waals surface area contributed by atoms with E-state index in [0.29, 0.717) is 28.1 Å². The van der Waals surface area contributed by atoms with Crippen LogP contribution in [0, 0.1) is 0 Å². The van der Waals surface area contributed by atoms with Crippen LogP contribution in [-0.2, 0) is 4.74 Å². The summed E-state index contributed by atoms with van der Waals surface area (Å²) in [5.74, 6) is 0.709. The number of ether oxygens (including phenoxy) is 3. The molecule has 0 saturated heterocycles. The fraction of sp³-hybridized carbons (Fsp3) is 0.462. The Morgan fingerprint density at radius 3 is 2.22 bits per heavy atom. The number of carbonyl (C=O) groups is 1. The molecule has 0 radical (unpaired) electrons. The van der Waals surface area contributed by atoms with Gasteiger partial charge in [-0.25, -0.2) is 4.79 Å². The Labute approximate surface area is 115 Å². The molecule has 1 aromatic rings. The molecule has 0 bridgehead atoms. The summed E-state index contributed by atoms with van der Waals surface area (Å²) >= 11 is 3.35. The molecule has 0 saturated carbocycles. The molecule has 0 aromatic heterocycles. The first-order valence-electron chi connectivity index (χ1n) is 5.72. The zero-order valence-electron chi connectivity index (χ0n) is 10.8. The molecule has 100 valence electrons. The summed E-state index contributed by atoms with van der Waals surface area (Å²) in [6.07, 6.45) is 1.84. The number of hydrogen-bond donors (Lipinski definition) is 0. The number of unbranched alkanes of at least 4 members (excludes halogenated alkanes) is 1. The molecule has 0 aliphatic heterocycles. The molecule has 0 unspecified atom stereocenters. The number of esters is 1. The first-order chi connectivity index (χ1) is 8.63. The second kappa shape index (κ2) is 7.26. The van der Waals surface area contributed by atoms with Crippen LogP contribution in [0.4, 0.5) is 0 Å². The van der Waals surface area contributed by atoms with Crippen molar-refractivity contribution < 1.29 is 19.0 Å². The van der Waals surface area contributed by atoms with Crippen LogP contribution in [0.2, 0.25) is 0 Å². The number of rotatable bonds is 6. The Balaban J connectivity index is 2.91. The molecular formula is C13H17BrO4. The molecule has 0 N–H and O–H groups in total. The van der Waals surface area contributed by atoms with E-state index in [1.807, 2.05) is 6.92 Å². The average Bonchev–Trinajstić information content (AvgIpc) is 2.39. The third-order valence-electron chi connectivity index (χ3n) is 2.41. The van der Waals surface area contributed by atoms with Gasteiger partial charge in [0.05, 0.1) is 26.4 Å². The van der Waals surface area contributed by atoms with Crippen molar-refractivity contribution in [1.29, 1.82) is 0 Å². The molecule has 1 rings (SSSR count). The van der Waals surface area contributed by atoms with E-state index in [1.165, 1.54) is 14.2 Å². The summed E-state index contributed by atoms with van der Waals surface area (Å²) in [5, 5.41) is 0. The largest absolute Gasteiger partial charge is 0.495 e. The third-order valence-corrected chi connectivity index (χ3v) is 3.19. The Hall–Kier alpha value is -1.23. The van der Waals surface area contributed by atoms with Crippen LogP contribution in [0.25, 0.3) is 0 Å². The normalized spacial score (nSPS) is 10.0. The van der Waals surface area contributed by atoms with E-state index in [9.17, 15) is 4.79 Å². The van der Waals surface area contributed by atoms with Gasteiger partial charge < -0.3 is 14.2 Å². The minimum atomic E-state index is -0.368. The Kier molecular flexibility index (Phi) is 5.98. The van der Waals surface area contributed by atoms with Gasteiger partial charge in [0, 0.05) is 0 Å². The van der Waals surface area contributed by atoms with Gasteiger partial charge in [-0.2, -0.15) is 0 Å². The number of halogens is 1. The Morgan fingerprint density at radius 1 is 1.22 bits per heavy atom. The monoisotopic (exact) mass is 316 g/mol. The highest BCUT2D eigenvalue weighted by molar-refractivity contribution is 9.10. The van der Waals surface area contributed by atoms with Gasteiger partial charge in [-0.05, 0) is 34.5 Å². The predicted molar refractivity (Wildman–Crippen MR) is 72.4 cm³/mol. The summed E-state index contributed by atoms with van der Waals surface area (Å²) < 4.78 is 16.2. The fourth-order valence-electron chi connectivity index (χ4n) is 1.38. The average molecular weight is 317 g/mol. The van der Waals surface area contributed by atoms with Crippen LogP contribution >= 0.6 is 15.9 Å². The molecule has 1 aromatic carbocycles. The lowest BCUT2D eigenvalue weighted by atomic mass is 10.2. The SMILES string of the molecule is CCCCOC(=O)c1cc(OC)c(Br)c(OC)c1. The van der Waals surface area contributed by atoms with Crippen molar-refractivity contribution >= 4 is 21.9 Å². The van der Waals surface area contributed by atoms with Gasteiger partial charge in [-0.1, -0.05) is 13.3 Å². The molecule has 4 nitrogen and oxygen atoms in total. The van der Waals surface area contributed by atoms with Crippen LogP contribution < -0.4 is 9.47 Å². The lowest BCUT2D eigenvalue weighted by molar-refractivity contribution is 0.0499. The van der Waals surface area contributed by atoms with E-state index in [2.05, 4.69) is 15.9 Å². The van der Waals surface area contributed by atoms with Crippen molar-refractivity contribution in [3.8, 4) is 11.5 Å². The first-order valence-corrected chi connectivity index (χ1v) is 6.52. The van der Waals surface area contributed by atoms with Crippen molar-refractivity contribution in [1.82, 2.24) is 0 Å². The molecular weight excluding hydrogens is 300 g/mol. The maximum Gasteiger partial charge on any atom is 0.338 e. The van der Waals surface area contributed by atoms with Crippen molar-refractivity contribution in [2.24, 2.45) is 0 Å². The highest BCUT2D eigenvalue weighted by Gasteiger charge is 2.15. The summed E-state index contributed by atoms with van der Waals surface area (Å²) in [7, 11) is 3.07. The van der Waals surface area contributed by atoms with Gasteiger partial charge >= 0.3 is 5.97 Å². The van der Waals surface area contributed by atoms with Crippen LogP contribution in [0.1, 0.15) is 30.1 Å². The maximum atomic E-state index is 11.8. The maximum absolute atomic E-state index is 11.8. The van der Waals surface area contributed by atoms with Crippen molar-refractivity contribution in [2.75, 3.05) is 20.8 Å². The van der Waals surface area contributed by atoms with Gasteiger partial charge in [0.15, 0.2) is 0 Å². The van der Waals surface area contributed by atoms with Gasteiger partial charge in [0.1, 0.15) is 16.0 Å². The molecule has 0 fully saturated rings. The van der Waals surface area contributed by atoms with Crippen molar-refractivity contribution in [3.05, 3.63) is 22.2 Å². The minimum absolute atomic E-state index is 0.368. The topological polar surface area (TPSA) is 44.8 Å². The number of carbonyl (C=O) groups excluding carboxylic acids is 1. The lowest BCUT2D eigenvalue weighted by Gasteiger charge is -2.11. The summed E-state index contributed by atoms with van der Waals surface area (Å²) in [5.41, 5.74) is 0.419. The van der Waals surface area contributed by atoms with Crippen LogP contribution in [0.3, 0.4) is 0 Å². The van der Waals surface area contributed by atoms with Crippen LogP contribution in [0.15, 0.2) is 16.6 Å². The van der Waals surface area contributed by atoms with Gasteiger partial charge in [-0.15, -0.1) is 0 Å². The van der Waals surface area contributed by atoms with Crippen LogP contribution in [0.5, 0.6) is 11.5 Å². The van der Waals surface area contributed by atoms with Gasteiger partial charge in [-0.3, -0.25) is 0 Å². The molecule has 0 aliphatic rings. The van der Waals surface area contributed by atoms with E-state index >= 15 is 0 Å². The summed E-state index contributed by atoms with van der Waals surface area (Å²) in [6.45, 7) is 2.47. The standard InChI is InChI=1S/C13H17BrO4/c1-4-5-6-18-13(15)9-7-10(16-2)12(14)11(8-9)17-3/h7-8H,4-6H2,1-3H3. The van der Waals surface area contributed by atoms with E-state index in [-0.39, 0.29) is 5.97 Å². The Bertz CT molecular complexity index is 392. The van der Waals surface area contributed by atoms with E-state index in [1.54, 1.807) is 12.1 Å². The summed E-state index contributed by atoms with van der Waals surface area (Å²) in [6, 6.07) is 3.25. The molecule has 0 aliphatic carbocycles. The summed E-state index contributed by atoms with van der Waals surface area (Å²) in [4.78, 5) is 11.8. The zero-order chi connectivity index (χ0) is 13.5. The molecule has 0 spiro atoms. The molecule has 18 heavy (non-hydrogen) atoms. The van der Waals surface area contributed by atoms with Gasteiger partial charge in [0.2, 0.25) is 0 Å². The number of benzene rings is 1. The first kappa shape index (κ1) is 14.8. The van der Waals surface area contributed by atoms with E-state index in [0.717, 1.165) is 12.8 Å². The lowest BCUT2D eigenvalue weighted by Crippen LogP contribution is -2.07. The quantitative estimate of drug-likeness (QED) is 0.596. The van der Waals surface area contributed by atoms with Crippen LogP contribution in [-0.4, -0.2) is 26.8 Å². The molecule has 5 heteroatoms. The minimum Gasteiger partial charge on any atom is -0.495 e. The highest BCUT2D eigenvalue weighted by Crippen LogP contribution is 2.35. The molecule has 0 heterocycles. The van der Waals surface area contributed by atoms with E-state index in [4.69, 9.17) is 14.2 Å². The second-order valence-electron chi connectivity index (χ2n) is 3.68. The fourth-order valence-corrected chi connectivity index (χ4v) is 1.93. The Morgan fingerprint density at radius 2 is 1.78 bits per heavy atom. The van der Waals surface area contributed by atoms with Gasteiger partial charge in [0.25, 0.3) is 0 Å². The molecule has 0 atom stereocenters. The zero-order valence-corrected chi connectivity index (χ0v) is 12.4. The highest BCUT2D eigenvalue weighted by atomic mass is 79.9. The third kappa shape index (κ3) is 3.63. The second-order valence-corrected chi connectivity index (χ2v) is 4.48. The number of methoxy groups -OCH3 is 2.